The Balaban J connectivity index is 1.47. The van der Waals surface area contributed by atoms with E-state index in [1.165, 1.54) is 0 Å². The molecule has 0 atom stereocenters. The lowest BCUT2D eigenvalue weighted by Crippen LogP contribution is -2.25. The molecule has 0 aliphatic rings. The Bertz CT molecular complexity index is 1230. The second kappa shape index (κ2) is 10.5. The van der Waals surface area contributed by atoms with Crippen molar-refractivity contribution in [2.45, 2.75) is 6.61 Å². The molecule has 0 aromatic heterocycles. The van der Waals surface area contributed by atoms with Gasteiger partial charge in [0.1, 0.15) is 12.4 Å². The molecule has 1 amide bonds. The van der Waals surface area contributed by atoms with Crippen LogP contribution in [0.2, 0.25) is 5.02 Å². The van der Waals surface area contributed by atoms with Gasteiger partial charge in [0.05, 0.1) is 12.8 Å². The first-order chi connectivity index (χ1) is 15.7. The van der Waals surface area contributed by atoms with E-state index in [4.69, 9.17) is 16.3 Å². The molecule has 0 aliphatic heterocycles. The van der Waals surface area contributed by atoms with Crippen molar-refractivity contribution in [1.29, 1.82) is 0 Å². The predicted octanol–water partition coefficient (Wildman–Crippen LogP) is 5.63. The minimum absolute atomic E-state index is 0.122. The fraction of sp³-hybridized carbons (Fsp3) is 0.0769. The number of hydrogen-bond donors (Lipinski definition) is 2. The molecule has 4 aromatic rings. The summed E-state index contributed by atoms with van der Waals surface area (Å²) in [6.07, 6.45) is 1.62. The van der Waals surface area contributed by atoms with E-state index in [1.54, 1.807) is 6.21 Å². The van der Waals surface area contributed by atoms with Gasteiger partial charge in [-0.15, -0.1) is 0 Å². The van der Waals surface area contributed by atoms with Crippen LogP contribution >= 0.6 is 11.6 Å². The second-order valence-electron chi connectivity index (χ2n) is 7.13. The molecule has 0 saturated heterocycles. The van der Waals surface area contributed by atoms with E-state index >= 15 is 0 Å². The fourth-order valence-corrected chi connectivity index (χ4v) is 3.35. The van der Waals surface area contributed by atoms with Crippen LogP contribution in [0.3, 0.4) is 0 Å². The molecular weight excluding hydrogens is 422 g/mol. The molecule has 0 fully saturated rings. The number of carbonyl (C=O) groups is 1. The number of nitrogens with one attached hydrogen (secondary N) is 2. The third-order valence-electron chi connectivity index (χ3n) is 4.85. The SMILES string of the molecule is O=C(CNc1ccccc1)N/N=C\c1c(OCc2ccc(Cl)cc2)ccc2ccccc12. The van der Waals surface area contributed by atoms with E-state index < -0.39 is 0 Å². The first kappa shape index (κ1) is 21.4. The van der Waals surface area contributed by atoms with Gasteiger partial charge in [0.2, 0.25) is 0 Å². The Morgan fingerprint density at radius 2 is 1.66 bits per heavy atom. The maximum atomic E-state index is 12.2. The minimum atomic E-state index is -0.242. The van der Waals surface area contributed by atoms with Gasteiger partial charge in [-0.25, -0.2) is 5.43 Å². The van der Waals surface area contributed by atoms with Crippen molar-refractivity contribution < 1.29 is 9.53 Å². The smallest absolute Gasteiger partial charge is 0.259 e. The van der Waals surface area contributed by atoms with Gasteiger partial charge in [-0.1, -0.05) is 72.3 Å². The number of rotatable bonds is 8. The average molecular weight is 444 g/mol. The zero-order valence-electron chi connectivity index (χ0n) is 17.3. The summed E-state index contributed by atoms with van der Waals surface area (Å²) in [4.78, 5) is 12.2. The Labute approximate surface area is 191 Å². The Kier molecular flexibility index (Phi) is 7.00. The highest BCUT2D eigenvalue weighted by molar-refractivity contribution is 6.30. The number of para-hydroxylation sites is 1. The van der Waals surface area contributed by atoms with Gasteiger partial charge >= 0.3 is 0 Å². The van der Waals surface area contributed by atoms with Crippen molar-refractivity contribution in [2.75, 3.05) is 11.9 Å². The van der Waals surface area contributed by atoms with Crippen molar-refractivity contribution in [1.82, 2.24) is 5.43 Å². The van der Waals surface area contributed by atoms with Gasteiger partial charge in [0.15, 0.2) is 0 Å². The molecule has 4 rings (SSSR count). The normalized spacial score (nSPS) is 10.9. The number of hydrogen-bond acceptors (Lipinski definition) is 4. The maximum Gasteiger partial charge on any atom is 0.259 e. The largest absolute Gasteiger partial charge is 0.488 e. The zero-order valence-corrected chi connectivity index (χ0v) is 18.0. The topological polar surface area (TPSA) is 62.7 Å². The van der Waals surface area contributed by atoms with Crippen molar-refractivity contribution in [2.24, 2.45) is 5.10 Å². The number of anilines is 1. The van der Waals surface area contributed by atoms with E-state index in [2.05, 4.69) is 15.8 Å². The number of benzene rings is 4. The van der Waals surface area contributed by atoms with E-state index in [0.717, 1.165) is 27.6 Å². The van der Waals surface area contributed by atoms with Crippen molar-refractivity contribution >= 4 is 40.2 Å². The summed E-state index contributed by atoms with van der Waals surface area (Å²) >= 11 is 5.96. The molecule has 0 heterocycles. The summed E-state index contributed by atoms with van der Waals surface area (Å²) in [5.74, 6) is 0.438. The number of halogens is 1. The minimum Gasteiger partial charge on any atom is -0.488 e. The standard InChI is InChI=1S/C26H22ClN3O2/c27-21-13-10-19(11-14-21)18-32-25-15-12-20-6-4-5-9-23(20)24(25)16-29-30-26(31)17-28-22-7-2-1-3-8-22/h1-16,28H,17-18H2,(H,30,31)/b29-16-. The summed E-state index contributed by atoms with van der Waals surface area (Å²) in [5.41, 5.74) is 5.25. The van der Waals surface area contributed by atoms with E-state index in [0.29, 0.717) is 17.4 Å². The van der Waals surface area contributed by atoms with Gasteiger partial charge in [0.25, 0.3) is 5.91 Å². The third-order valence-corrected chi connectivity index (χ3v) is 5.10. The van der Waals surface area contributed by atoms with Crippen molar-refractivity contribution in [3.8, 4) is 5.75 Å². The summed E-state index contributed by atoms with van der Waals surface area (Å²) in [6, 6.07) is 29.0. The van der Waals surface area contributed by atoms with Crippen LogP contribution in [-0.2, 0) is 11.4 Å². The lowest BCUT2D eigenvalue weighted by atomic mass is 10.0. The van der Waals surface area contributed by atoms with Crippen LogP contribution in [0.4, 0.5) is 5.69 Å². The maximum absolute atomic E-state index is 12.2. The molecule has 0 spiro atoms. The molecule has 2 N–H and O–H groups in total. The Morgan fingerprint density at radius 3 is 2.47 bits per heavy atom. The number of hydrazone groups is 1. The first-order valence-corrected chi connectivity index (χ1v) is 10.6. The third kappa shape index (κ3) is 5.65. The van der Waals surface area contributed by atoms with Crippen LogP contribution in [0.5, 0.6) is 5.75 Å². The molecule has 0 saturated carbocycles. The number of carbonyl (C=O) groups excluding carboxylic acids is 1. The van der Waals surface area contributed by atoms with Gasteiger partial charge in [-0.05, 0) is 46.7 Å². The van der Waals surface area contributed by atoms with E-state index in [9.17, 15) is 4.79 Å². The van der Waals surface area contributed by atoms with Crippen LogP contribution in [0, 0.1) is 0 Å². The molecule has 0 bridgehead atoms. The summed E-state index contributed by atoms with van der Waals surface area (Å²) in [7, 11) is 0. The molecule has 160 valence electrons. The number of amides is 1. The molecule has 5 nitrogen and oxygen atoms in total. The lowest BCUT2D eigenvalue weighted by Gasteiger charge is -2.12. The Morgan fingerprint density at radius 1 is 0.906 bits per heavy atom. The molecule has 6 heteroatoms. The van der Waals surface area contributed by atoms with Crippen molar-refractivity contribution in [3.05, 3.63) is 107 Å². The fourth-order valence-electron chi connectivity index (χ4n) is 3.22. The number of fused-ring (bicyclic) bond motifs is 1. The lowest BCUT2D eigenvalue weighted by molar-refractivity contribution is -0.119. The first-order valence-electron chi connectivity index (χ1n) is 10.2. The van der Waals surface area contributed by atoms with E-state index in [-0.39, 0.29) is 12.5 Å². The van der Waals surface area contributed by atoms with Gasteiger partial charge < -0.3 is 10.1 Å². The summed E-state index contributed by atoms with van der Waals surface area (Å²) in [5, 5.41) is 9.96. The monoisotopic (exact) mass is 443 g/mol. The second-order valence-corrected chi connectivity index (χ2v) is 7.56. The van der Waals surface area contributed by atoms with Crippen LogP contribution in [0.25, 0.3) is 10.8 Å². The Hall–Kier alpha value is -3.83. The highest BCUT2D eigenvalue weighted by Crippen LogP contribution is 2.27. The average Bonchev–Trinajstić information content (AvgIpc) is 2.83. The van der Waals surface area contributed by atoms with Crippen LogP contribution in [0.15, 0.2) is 96.1 Å². The quantitative estimate of drug-likeness (QED) is 0.274. The van der Waals surface area contributed by atoms with Crippen molar-refractivity contribution in [3.63, 3.8) is 0 Å². The van der Waals surface area contributed by atoms with Gasteiger partial charge in [0, 0.05) is 16.3 Å². The summed E-state index contributed by atoms with van der Waals surface area (Å²) < 4.78 is 6.07. The van der Waals surface area contributed by atoms with Crippen LogP contribution in [-0.4, -0.2) is 18.7 Å². The molecule has 32 heavy (non-hydrogen) atoms. The molecule has 0 unspecified atom stereocenters. The molecule has 4 aromatic carbocycles. The highest BCUT2D eigenvalue weighted by atomic mass is 35.5. The number of ether oxygens (including phenoxy) is 1. The molecular formula is C26H22ClN3O2. The van der Waals surface area contributed by atoms with Crippen LogP contribution < -0.4 is 15.5 Å². The van der Waals surface area contributed by atoms with Crippen LogP contribution in [0.1, 0.15) is 11.1 Å². The number of nitrogens with zero attached hydrogens (tertiary/aromatic N) is 1. The van der Waals surface area contributed by atoms with E-state index in [1.807, 2.05) is 91.0 Å². The summed E-state index contributed by atoms with van der Waals surface area (Å²) in [6.45, 7) is 0.514. The van der Waals surface area contributed by atoms with Gasteiger partial charge in [-0.3, -0.25) is 4.79 Å². The zero-order chi connectivity index (χ0) is 22.2. The highest BCUT2D eigenvalue weighted by Gasteiger charge is 2.08. The molecule has 0 radical (unpaired) electrons. The molecule has 0 aliphatic carbocycles. The predicted molar refractivity (Wildman–Crippen MR) is 130 cm³/mol. The van der Waals surface area contributed by atoms with Gasteiger partial charge in [-0.2, -0.15) is 5.10 Å².